The molecule has 0 saturated heterocycles. The van der Waals surface area contributed by atoms with Crippen LogP contribution in [0.3, 0.4) is 0 Å². The van der Waals surface area contributed by atoms with Crippen LogP contribution in [0.2, 0.25) is 5.02 Å². The van der Waals surface area contributed by atoms with Gasteiger partial charge in [0.2, 0.25) is 0 Å². The van der Waals surface area contributed by atoms with Crippen LogP contribution in [0.4, 0.5) is 0 Å². The van der Waals surface area contributed by atoms with Crippen LogP contribution in [0.25, 0.3) is 22.1 Å². The highest BCUT2D eigenvalue weighted by Crippen LogP contribution is 2.34. The van der Waals surface area contributed by atoms with E-state index in [1.165, 1.54) is 0 Å². The summed E-state index contributed by atoms with van der Waals surface area (Å²) in [6.45, 7) is 1.92. The van der Waals surface area contributed by atoms with E-state index in [1.54, 1.807) is 18.5 Å². The van der Waals surface area contributed by atoms with E-state index < -0.39 is 0 Å². The zero-order chi connectivity index (χ0) is 15.1. The molecule has 108 valence electrons. The van der Waals surface area contributed by atoms with Gasteiger partial charge in [0.15, 0.2) is 0 Å². The molecule has 2 aromatic carbocycles. The Labute approximate surface area is 131 Å². The topological polar surface area (TPSA) is 63.7 Å². The second-order valence-corrected chi connectivity index (χ2v) is 5.28. The van der Waals surface area contributed by atoms with Gasteiger partial charge in [-0.1, -0.05) is 11.6 Å². The largest absolute Gasteiger partial charge is 0.456 e. The first kappa shape index (κ1) is 13.0. The highest BCUT2D eigenvalue weighted by atomic mass is 35.5. The molecule has 4 aromatic rings. The fourth-order valence-electron chi connectivity index (χ4n) is 2.37. The van der Waals surface area contributed by atoms with E-state index in [-0.39, 0.29) is 0 Å². The Morgan fingerprint density at radius 1 is 1.05 bits per heavy atom. The number of ether oxygens (including phenoxy) is 1. The quantitative estimate of drug-likeness (QED) is 0.601. The van der Waals surface area contributed by atoms with E-state index in [2.05, 4.69) is 19.9 Å². The molecule has 0 aliphatic heterocycles. The van der Waals surface area contributed by atoms with E-state index in [4.69, 9.17) is 16.3 Å². The summed E-state index contributed by atoms with van der Waals surface area (Å²) in [6, 6.07) is 9.29. The molecule has 6 heteroatoms. The summed E-state index contributed by atoms with van der Waals surface area (Å²) >= 11 is 6.37. The van der Waals surface area contributed by atoms with Gasteiger partial charge in [-0.2, -0.15) is 0 Å². The standard InChI is InChI=1S/C16H11ClN4O/c1-9-20-11-3-2-10(8-13(11)21-9)22-14-5-4-12-16(15(14)17)19-7-6-18-12/h2-8H,1H3,(H,20,21). The van der Waals surface area contributed by atoms with Gasteiger partial charge in [-0.05, 0) is 31.2 Å². The van der Waals surface area contributed by atoms with Crippen molar-refractivity contribution in [1.29, 1.82) is 0 Å². The number of hydrogen-bond acceptors (Lipinski definition) is 4. The van der Waals surface area contributed by atoms with Crippen LogP contribution in [0.15, 0.2) is 42.7 Å². The third-order valence-electron chi connectivity index (χ3n) is 3.34. The SMILES string of the molecule is Cc1nc2ccc(Oc3ccc4nccnc4c3Cl)cc2[nH]1. The molecule has 0 bridgehead atoms. The maximum Gasteiger partial charge on any atom is 0.148 e. The van der Waals surface area contributed by atoms with Gasteiger partial charge in [0.05, 0.1) is 16.6 Å². The second-order valence-electron chi connectivity index (χ2n) is 4.90. The molecule has 0 radical (unpaired) electrons. The van der Waals surface area contributed by atoms with Crippen LogP contribution in [0, 0.1) is 6.92 Å². The number of aromatic nitrogens is 4. The predicted octanol–water partition coefficient (Wildman–Crippen LogP) is 4.26. The summed E-state index contributed by atoms with van der Waals surface area (Å²) in [7, 11) is 0. The number of rotatable bonds is 2. The third-order valence-corrected chi connectivity index (χ3v) is 3.71. The summed E-state index contributed by atoms with van der Waals surface area (Å²) in [5, 5.41) is 0.450. The number of aryl methyl sites for hydroxylation is 1. The van der Waals surface area contributed by atoms with Gasteiger partial charge >= 0.3 is 0 Å². The minimum absolute atomic E-state index is 0.450. The van der Waals surface area contributed by atoms with E-state index >= 15 is 0 Å². The number of nitrogens with zero attached hydrogens (tertiary/aromatic N) is 3. The third kappa shape index (κ3) is 2.16. The van der Waals surface area contributed by atoms with E-state index in [0.29, 0.717) is 22.0 Å². The molecule has 22 heavy (non-hydrogen) atoms. The number of aromatic amines is 1. The molecule has 2 aromatic heterocycles. The first-order chi connectivity index (χ1) is 10.7. The van der Waals surface area contributed by atoms with Gasteiger partial charge in [0.1, 0.15) is 27.9 Å². The molecule has 4 rings (SSSR count). The fourth-order valence-corrected chi connectivity index (χ4v) is 2.62. The van der Waals surface area contributed by atoms with Crippen LogP contribution < -0.4 is 4.74 Å². The van der Waals surface area contributed by atoms with Crippen molar-refractivity contribution in [3.05, 3.63) is 53.6 Å². The molecular formula is C16H11ClN4O. The maximum atomic E-state index is 6.37. The second kappa shape index (κ2) is 4.96. The van der Waals surface area contributed by atoms with Crippen molar-refractivity contribution in [1.82, 2.24) is 19.9 Å². The molecule has 0 amide bonds. The van der Waals surface area contributed by atoms with Crippen molar-refractivity contribution < 1.29 is 4.74 Å². The molecule has 0 unspecified atom stereocenters. The zero-order valence-corrected chi connectivity index (χ0v) is 12.4. The highest BCUT2D eigenvalue weighted by Gasteiger charge is 2.10. The first-order valence-electron chi connectivity index (χ1n) is 6.74. The van der Waals surface area contributed by atoms with Crippen LogP contribution in [-0.4, -0.2) is 19.9 Å². The average molecular weight is 311 g/mol. The van der Waals surface area contributed by atoms with Crippen LogP contribution in [0.1, 0.15) is 5.82 Å². The number of benzene rings is 2. The number of nitrogens with one attached hydrogen (secondary N) is 1. The number of fused-ring (bicyclic) bond motifs is 2. The van der Waals surface area contributed by atoms with Crippen LogP contribution in [-0.2, 0) is 0 Å². The molecule has 0 spiro atoms. The van der Waals surface area contributed by atoms with Crippen molar-refractivity contribution in [2.45, 2.75) is 6.92 Å². The smallest absolute Gasteiger partial charge is 0.148 e. The molecule has 0 atom stereocenters. The fraction of sp³-hybridized carbons (Fsp3) is 0.0625. The zero-order valence-electron chi connectivity index (χ0n) is 11.7. The molecule has 0 aliphatic carbocycles. The Balaban J connectivity index is 1.76. The normalized spacial score (nSPS) is 11.2. The van der Waals surface area contributed by atoms with Crippen molar-refractivity contribution in [2.24, 2.45) is 0 Å². The van der Waals surface area contributed by atoms with Crippen LogP contribution in [0.5, 0.6) is 11.5 Å². The number of imidazole rings is 1. The molecule has 0 aliphatic rings. The molecular weight excluding hydrogens is 300 g/mol. The van der Waals surface area contributed by atoms with E-state index in [1.807, 2.05) is 31.2 Å². The summed E-state index contributed by atoms with van der Waals surface area (Å²) < 4.78 is 5.89. The van der Waals surface area contributed by atoms with Crippen molar-refractivity contribution in [3.63, 3.8) is 0 Å². The van der Waals surface area contributed by atoms with Crippen molar-refractivity contribution in [2.75, 3.05) is 0 Å². The lowest BCUT2D eigenvalue weighted by molar-refractivity contribution is 0.484. The molecule has 0 fully saturated rings. The van der Waals surface area contributed by atoms with Gasteiger partial charge in [-0.25, -0.2) is 4.98 Å². The number of hydrogen-bond donors (Lipinski definition) is 1. The lowest BCUT2D eigenvalue weighted by Crippen LogP contribution is -1.89. The molecule has 2 heterocycles. The van der Waals surface area contributed by atoms with Crippen molar-refractivity contribution in [3.8, 4) is 11.5 Å². The number of H-pyrrole nitrogens is 1. The van der Waals surface area contributed by atoms with Gasteiger partial charge in [0, 0.05) is 18.5 Å². The van der Waals surface area contributed by atoms with E-state index in [9.17, 15) is 0 Å². The van der Waals surface area contributed by atoms with Gasteiger partial charge in [0.25, 0.3) is 0 Å². The average Bonchev–Trinajstić information content (AvgIpc) is 2.90. The molecule has 5 nitrogen and oxygen atoms in total. The minimum atomic E-state index is 0.450. The minimum Gasteiger partial charge on any atom is -0.456 e. The Morgan fingerprint density at radius 3 is 2.77 bits per heavy atom. The van der Waals surface area contributed by atoms with Crippen LogP contribution >= 0.6 is 11.6 Å². The Kier molecular flexibility index (Phi) is 2.94. The van der Waals surface area contributed by atoms with Crippen molar-refractivity contribution >= 4 is 33.7 Å². The van der Waals surface area contributed by atoms with E-state index in [0.717, 1.165) is 22.4 Å². The predicted molar refractivity (Wildman–Crippen MR) is 85.5 cm³/mol. The van der Waals surface area contributed by atoms with Gasteiger partial charge in [-0.15, -0.1) is 0 Å². The maximum absolute atomic E-state index is 6.37. The molecule has 0 saturated carbocycles. The Hall–Kier alpha value is -2.66. The summed E-state index contributed by atoms with van der Waals surface area (Å²) in [5.41, 5.74) is 3.19. The lowest BCUT2D eigenvalue weighted by atomic mass is 10.2. The summed E-state index contributed by atoms with van der Waals surface area (Å²) in [5.74, 6) is 2.10. The Morgan fingerprint density at radius 2 is 1.86 bits per heavy atom. The molecule has 1 N–H and O–H groups in total. The highest BCUT2D eigenvalue weighted by molar-refractivity contribution is 6.36. The lowest BCUT2D eigenvalue weighted by Gasteiger charge is -2.08. The Bertz CT molecular complexity index is 996. The monoisotopic (exact) mass is 310 g/mol. The number of halogens is 1. The van der Waals surface area contributed by atoms with Gasteiger partial charge in [-0.3, -0.25) is 9.97 Å². The first-order valence-corrected chi connectivity index (χ1v) is 7.12. The summed E-state index contributed by atoms with van der Waals surface area (Å²) in [6.07, 6.45) is 3.24. The summed E-state index contributed by atoms with van der Waals surface area (Å²) in [4.78, 5) is 16.0. The van der Waals surface area contributed by atoms with Gasteiger partial charge < -0.3 is 9.72 Å².